The van der Waals surface area contributed by atoms with Crippen LogP contribution >= 0.6 is 0 Å². The number of hydrogen-bond acceptors (Lipinski definition) is 5. The lowest BCUT2D eigenvalue weighted by molar-refractivity contribution is 0.0664. The fourth-order valence-corrected chi connectivity index (χ4v) is 3.07. The van der Waals surface area contributed by atoms with Crippen molar-refractivity contribution < 1.29 is 19.1 Å². The normalized spacial score (nSPS) is 14.5. The molecule has 0 spiro atoms. The number of nitrogens with zero attached hydrogens (tertiary/aromatic N) is 2. The monoisotopic (exact) mass is 383 g/mol. The van der Waals surface area contributed by atoms with Crippen LogP contribution in [-0.4, -0.2) is 69.1 Å². The van der Waals surface area contributed by atoms with Crippen molar-refractivity contribution in [1.82, 2.24) is 9.80 Å². The van der Waals surface area contributed by atoms with E-state index in [1.54, 1.807) is 49.6 Å². The summed E-state index contributed by atoms with van der Waals surface area (Å²) in [5.41, 5.74) is 1.69. The number of anilines is 1. The maximum atomic E-state index is 12.6. The predicted molar refractivity (Wildman–Crippen MR) is 107 cm³/mol. The number of carbonyl (C=O) groups excluding carboxylic acids is 2. The lowest BCUT2D eigenvalue weighted by Gasteiger charge is -2.32. The van der Waals surface area contributed by atoms with Crippen LogP contribution in [0.1, 0.15) is 20.7 Å². The van der Waals surface area contributed by atoms with Gasteiger partial charge in [0, 0.05) is 43.0 Å². The molecular weight excluding hydrogens is 358 g/mol. The van der Waals surface area contributed by atoms with Gasteiger partial charge < -0.3 is 24.6 Å². The van der Waals surface area contributed by atoms with Crippen LogP contribution in [-0.2, 0) is 0 Å². The largest absolute Gasteiger partial charge is 0.493 e. The fourth-order valence-electron chi connectivity index (χ4n) is 3.07. The third-order valence-electron chi connectivity index (χ3n) is 4.83. The topological polar surface area (TPSA) is 71.1 Å². The average Bonchev–Trinajstić information content (AvgIpc) is 2.73. The molecule has 1 saturated heterocycles. The van der Waals surface area contributed by atoms with E-state index in [2.05, 4.69) is 17.3 Å². The third-order valence-corrected chi connectivity index (χ3v) is 4.83. The van der Waals surface area contributed by atoms with Crippen molar-refractivity contribution in [3.8, 4) is 11.5 Å². The molecule has 3 rings (SSSR count). The molecule has 7 nitrogen and oxygen atoms in total. The smallest absolute Gasteiger partial charge is 0.255 e. The van der Waals surface area contributed by atoms with E-state index < -0.39 is 0 Å². The van der Waals surface area contributed by atoms with Gasteiger partial charge in [-0.15, -0.1) is 0 Å². The molecule has 1 aliphatic heterocycles. The van der Waals surface area contributed by atoms with Crippen molar-refractivity contribution >= 4 is 17.5 Å². The van der Waals surface area contributed by atoms with E-state index in [-0.39, 0.29) is 11.8 Å². The second-order valence-electron chi connectivity index (χ2n) is 6.70. The second kappa shape index (κ2) is 8.75. The highest BCUT2D eigenvalue weighted by atomic mass is 16.5. The molecule has 1 heterocycles. The number of rotatable bonds is 5. The first-order chi connectivity index (χ1) is 13.5. The first kappa shape index (κ1) is 19.7. The molecule has 0 unspecified atom stereocenters. The lowest BCUT2D eigenvalue weighted by Crippen LogP contribution is -2.47. The highest BCUT2D eigenvalue weighted by Crippen LogP contribution is 2.28. The molecule has 0 atom stereocenters. The van der Waals surface area contributed by atoms with E-state index in [1.807, 2.05) is 4.90 Å². The first-order valence-electron chi connectivity index (χ1n) is 9.13. The van der Waals surface area contributed by atoms with E-state index >= 15 is 0 Å². The molecule has 0 radical (unpaired) electrons. The Hall–Kier alpha value is -3.06. The summed E-state index contributed by atoms with van der Waals surface area (Å²) in [6.45, 7) is 3.22. The second-order valence-corrected chi connectivity index (χ2v) is 6.70. The summed E-state index contributed by atoms with van der Waals surface area (Å²) in [5.74, 6) is 0.805. The molecule has 2 aromatic rings. The van der Waals surface area contributed by atoms with Crippen LogP contribution in [0.2, 0.25) is 0 Å². The number of ether oxygens (including phenoxy) is 2. The SMILES string of the molecule is COc1ccc(C(=O)Nc2ccc(C(=O)N3CCN(C)CC3)cc2)cc1OC. The van der Waals surface area contributed by atoms with Gasteiger partial charge in [-0.1, -0.05) is 0 Å². The van der Waals surface area contributed by atoms with Gasteiger partial charge in [0.2, 0.25) is 0 Å². The maximum absolute atomic E-state index is 12.6. The molecule has 0 aromatic heterocycles. The van der Waals surface area contributed by atoms with E-state index in [4.69, 9.17) is 9.47 Å². The highest BCUT2D eigenvalue weighted by Gasteiger charge is 2.20. The van der Waals surface area contributed by atoms with Crippen LogP contribution in [0.4, 0.5) is 5.69 Å². The molecule has 28 heavy (non-hydrogen) atoms. The number of methoxy groups -OCH3 is 2. The van der Waals surface area contributed by atoms with Gasteiger partial charge in [0.05, 0.1) is 14.2 Å². The van der Waals surface area contributed by atoms with Crippen molar-refractivity contribution in [1.29, 1.82) is 0 Å². The minimum absolute atomic E-state index is 0.0193. The summed E-state index contributed by atoms with van der Waals surface area (Å²) in [7, 11) is 5.12. The molecule has 1 N–H and O–H groups in total. The first-order valence-corrected chi connectivity index (χ1v) is 9.13. The molecule has 0 saturated carbocycles. The van der Waals surface area contributed by atoms with Gasteiger partial charge in [0.25, 0.3) is 11.8 Å². The zero-order valence-electron chi connectivity index (χ0n) is 16.4. The molecule has 1 aliphatic rings. The average molecular weight is 383 g/mol. The Bertz CT molecular complexity index is 843. The van der Waals surface area contributed by atoms with Crippen LogP contribution < -0.4 is 14.8 Å². The van der Waals surface area contributed by atoms with Crippen molar-refractivity contribution in [3.05, 3.63) is 53.6 Å². The van der Waals surface area contributed by atoms with Crippen LogP contribution in [0.15, 0.2) is 42.5 Å². The predicted octanol–water partition coefficient (Wildman–Crippen LogP) is 2.34. The number of nitrogens with one attached hydrogen (secondary N) is 1. The number of benzene rings is 2. The van der Waals surface area contributed by atoms with Gasteiger partial charge in [-0.2, -0.15) is 0 Å². The number of carbonyl (C=O) groups is 2. The van der Waals surface area contributed by atoms with Gasteiger partial charge >= 0.3 is 0 Å². The van der Waals surface area contributed by atoms with E-state index in [0.29, 0.717) is 28.3 Å². The Balaban J connectivity index is 1.65. The minimum atomic E-state index is -0.265. The van der Waals surface area contributed by atoms with E-state index in [1.165, 1.54) is 7.11 Å². The zero-order chi connectivity index (χ0) is 20.1. The fraction of sp³-hybridized carbons (Fsp3) is 0.333. The zero-order valence-corrected chi connectivity index (χ0v) is 16.4. The van der Waals surface area contributed by atoms with E-state index in [0.717, 1.165) is 26.2 Å². The summed E-state index contributed by atoms with van der Waals surface area (Å²) < 4.78 is 10.4. The summed E-state index contributed by atoms with van der Waals surface area (Å²) in [4.78, 5) is 29.1. The quantitative estimate of drug-likeness (QED) is 0.858. The molecule has 1 fully saturated rings. The maximum Gasteiger partial charge on any atom is 0.255 e. The summed E-state index contributed by atoms with van der Waals surface area (Å²) in [6, 6.07) is 11.9. The summed E-state index contributed by atoms with van der Waals surface area (Å²) >= 11 is 0. The van der Waals surface area contributed by atoms with Crippen LogP contribution in [0, 0.1) is 0 Å². The Labute approximate surface area is 164 Å². The van der Waals surface area contributed by atoms with Crippen molar-refractivity contribution in [2.24, 2.45) is 0 Å². The summed E-state index contributed by atoms with van der Waals surface area (Å²) in [5, 5.41) is 2.83. The Morgan fingerprint density at radius 1 is 0.857 bits per heavy atom. The van der Waals surface area contributed by atoms with Crippen molar-refractivity contribution in [2.75, 3.05) is 52.8 Å². The number of amides is 2. The van der Waals surface area contributed by atoms with Crippen LogP contribution in [0.5, 0.6) is 11.5 Å². The number of hydrogen-bond donors (Lipinski definition) is 1. The molecule has 2 aromatic carbocycles. The molecule has 0 bridgehead atoms. The number of piperazine rings is 1. The Morgan fingerprint density at radius 2 is 1.46 bits per heavy atom. The standard InChI is InChI=1S/C21H25N3O4/c1-23-10-12-24(13-11-23)21(26)15-4-7-17(8-5-15)22-20(25)16-6-9-18(27-2)19(14-16)28-3/h4-9,14H,10-13H2,1-3H3,(H,22,25). The van der Waals surface area contributed by atoms with Crippen LogP contribution in [0.25, 0.3) is 0 Å². The van der Waals surface area contributed by atoms with Gasteiger partial charge in [-0.05, 0) is 49.5 Å². The van der Waals surface area contributed by atoms with Gasteiger partial charge in [-0.25, -0.2) is 0 Å². The van der Waals surface area contributed by atoms with Crippen molar-refractivity contribution in [2.45, 2.75) is 0 Å². The molecule has 0 aliphatic carbocycles. The molecule has 7 heteroatoms. The highest BCUT2D eigenvalue weighted by molar-refractivity contribution is 6.05. The lowest BCUT2D eigenvalue weighted by atomic mass is 10.1. The third kappa shape index (κ3) is 4.43. The van der Waals surface area contributed by atoms with Crippen molar-refractivity contribution in [3.63, 3.8) is 0 Å². The van der Waals surface area contributed by atoms with Crippen LogP contribution in [0.3, 0.4) is 0 Å². The van der Waals surface area contributed by atoms with Gasteiger partial charge in [0.15, 0.2) is 11.5 Å². The molecule has 2 amide bonds. The van der Waals surface area contributed by atoms with E-state index in [9.17, 15) is 9.59 Å². The molecular formula is C21H25N3O4. The Morgan fingerprint density at radius 3 is 2.07 bits per heavy atom. The molecule has 148 valence electrons. The summed E-state index contributed by atoms with van der Waals surface area (Å²) in [6.07, 6.45) is 0. The minimum Gasteiger partial charge on any atom is -0.493 e. The van der Waals surface area contributed by atoms with Gasteiger partial charge in [0.1, 0.15) is 0 Å². The van der Waals surface area contributed by atoms with Gasteiger partial charge in [-0.3, -0.25) is 9.59 Å². The number of likely N-dealkylation sites (N-methyl/N-ethyl adjacent to an activating group) is 1. The Kier molecular flexibility index (Phi) is 6.16.